The molecule has 0 aliphatic carbocycles. The Morgan fingerprint density at radius 2 is 0.733 bits per heavy atom. The summed E-state index contributed by atoms with van der Waals surface area (Å²) >= 11 is 0. The molecule has 0 bridgehead atoms. The van der Waals surface area contributed by atoms with Crippen LogP contribution in [0.15, 0.2) is 0 Å². The van der Waals surface area contributed by atoms with E-state index < -0.39 is 0 Å². The number of carbonyl (C=O) groups is 4. The minimum atomic E-state index is -0.0625. The zero-order valence-electron chi connectivity index (χ0n) is 9.40. The number of ketones is 4. The van der Waals surface area contributed by atoms with Crippen molar-refractivity contribution in [3.8, 4) is 0 Å². The zero-order chi connectivity index (χ0) is 11.7. The van der Waals surface area contributed by atoms with E-state index in [4.69, 9.17) is 0 Å². The van der Waals surface area contributed by atoms with Crippen LogP contribution in [-0.2, 0) is 38.7 Å². The molecule has 5 heteroatoms. The molecule has 0 aromatic rings. The molecule has 0 saturated carbocycles. The number of hydrogen-bond acceptors (Lipinski definition) is 4. The maximum Gasteiger partial charge on any atom is 0.137 e. The normalized spacial score (nSPS) is 7.73. The Balaban J connectivity index is -0.000000180. The second kappa shape index (κ2) is 11.4. The van der Waals surface area contributed by atoms with Crippen LogP contribution in [0, 0.1) is 0 Å². The summed E-state index contributed by atoms with van der Waals surface area (Å²) in [4.78, 5) is 40.1. The third-order valence-corrected chi connectivity index (χ3v) is 0.996. The molecule has 0 aliphatic rings. The van der Waals surface area contributed by atoms with Crippen molar-refractivity contribution >= 4 is 23.1 Å². The van der Waals surface area contributed by atoms with Crippen molar-refractivity contribution in [1.29, 1.82) is 0 Å². The maximum atomic E-state index is 10.0. The largest absolute Gasteiger partial charge is 0.300 e. The van der Waals surface area contributed by atoms with Crippen molar-refractivity contribution in [1.82, 2.24) is 0 Å². The van der Waals surface area contributed by atoms with Gasteiger partial charge in [-0.1, -0.05) is 0 Å². The van der Waals surface area contributed by atoms with Crippen LogP contribution in [0.25, 0.3) is 0 Å². The number of rotatable bonds is 4. The van der Waals surface area contributed by atoms with Crippen LogP contribution >= 0.6 is 0 Å². The molecule has 0 aromatic carbocycles. The zero-order valence-corrected chi connectivity index (χ0v) is 11.1. The van der Waals surface area contributed by atoms with Gasteiger partial charge in [-0.25, -0.2) is 0 Å². The van der Waals surface area contributed by atoms with E-state index in [-0.39, 0.29) is 55.5 Å². The third-order valence-electron chi connectivity index (χ3n) is 0.996. The van der Waals surface area contributed by atoms with Crippen LogP contribution < -0.4 is 0 Å². The molecule has 4 nitrogen and oxygen atoms in total. The molecule has 0 amide bonds. The van der Waals surface area contributed by atoms with Gasteiger partial charge in [-0.05, 0) is 27.7 Å². The van der Waals surface area contributed by atoms with E-state index >= 15 is 0 Å². The number of hydrogen-bond donors (Lipinski definition) is 0. The summed E-state index contributed by atoms with van der Waals surface area (Å²) in [5, 5.41) is 0. The summed E-state index contributed by atoms with van der Waals surface area (Å²) in [6.45, 7) is 5.62. The van der Waals surface area contributed by atoms with Gasteiger partial charge in [0, 0.05) is 19.5 Å². The Kier molecular flexibility index (Phi) is 15.0. The Bertz CT molecular complexity index is 196. The maximum absolute atomic E-state index is 10.0. The molecule has 0 heterocycles. The molecule has 0 saturated heterocycles. The first-order valence-corrected chi connectivity index (χ1v) is 4.23. The van der Waals surface area contributed by atoms with E-state index in [1.165, 1.54) is 27.7 Å². The van der Waals surface area contributed by atoms with Gasteiger partial charge in [-0.3, -0.25) is 19.2 Å². The van der Waals surface area contributed by atoms with Crippen LogP contribution in [-0.4, -0.2) is 23.1 Å². The Morgan fingerprint density at radius 1 is 0.600 bits per heavy atom. The summed E-state index contributed by atoms with van der Waals surface area (Å²) in [7, 11) is 0. The molecule has 0 rings (SSSR count). The van der Waals surface area contributed by atoms with Crippen molar-refractivity contribution in [3.05, 3.63) is 0 Å². The average Bonchev–Trinajstić information content (AvgIpc) is 1.79. The van der Waals surface area contributed by atoms with Crippen LogP contribution in [0.2, 0.25) is 0 Å². The van der Waals surface area contributed by atoms with Gasteiger partial charge < -0.3 is 0 Å². The van der Waals surface area contributed by atoms with Crippen molar-refractivity contribution in [2.45, 2.75) is 40.5 Å². The first-order chi connectivity index (χ1) is 6.25. The fourth-order valence-corrected chi connectivity index (χ4v) is 0.701. The van der Waals surface area contributed by atoms with E-state index in [2.05, 4.69) is 0 Å². The monoisotopic (exact) mass is 302 g/mol. The van der Waals surface area contributed by atoms with Gasteiger partial charge in [0.2, 0.25) is 0 Å². The van der Waals surface area contributed by atoms with Crippen molar-refractivity contribution in [3.63, 3.8) is 0 Å². The van der Waals surface area contributed by atoms with E-state index in [1.54, 1.807) is 0 Å². The Hall–Kier alpha value is -0.697. The minimum Gasteiger partial charge on any atom is -0.300 e. The van der Waals surface area contributed by atoms with E-state index in [0.717, 1.165) is 0 Å². The summed E-state index contributed by atoms with van der Waals surface area (Å²) in [5.74, 6) is -0.250. The third kappa shape index (κ3) is 31.9. The number of carbonyl (C=O) groups excluding carboxylic acids is 4. The molecular formula is C10H16O4Ru. The SMILES string of the molecule is CC(=O)CC(C)=O.CC(=O)CC(C)=O.[Ru]. The van der Waals surface area contributed by atoms with Crippen molar-refractivity contribution < 1.29 is 38.7 Å². The van der Waals surface area contributed by atoms with E-state index in [1.807, 2.05) is 0 Å². The van der Waals surface area contributed by atoms with Gasteiger partial charge in [0.15, 0.2) is 0 Å². The molecule has 0 aromatic heterocycles. The van der Waals surface area contributed by atoms with E-state index in [9.17, 15) is 19.2 Å². The molecule has 15 heavy (non-hydrogen) atoms. The van der Waals surface area contributed by atoms with Crippen LogP contribution in [0.5, 0.6) is 0 Å². The fourth-order valence-electron chi connectivity index (χ4n) is 0.701. The Labute approximate surface area is 103 Å². The van der Waals surface area contributed by atoms with Gasteiger partial charge >= 0.3 is 0 Å². The van der Waals surface area contributed by atoms with Gasteiger partial charge in [0.05, 0.1) is 12.8 Å². The molecule has 0 atom stereocenters. The molecule has 0 spiro atoms. The summed E-state index contributed by atoms with van der Waals surface area (Å²) in [6, 6.07) is 0. The molecule has 0 fully saturated rings. The smallest absolute Gasteiger partial charge is 0.137 e. The summed E-state index contributed by atoms with van der Waals surface area (Å²) in [5.41, 5.74) is 0. The van der Waals surface area contributed by atoms with Gasteiger partial charge in [-0.15, -0.1) is 0 Å². The minimum absolute atomic E-state index is 0. The summed E-state index contributed by atoms with van der Waals surface area (Å²) in [6.07, 6.45) is 0.167. The Morgan fingerprint density at radius 3 is 0.733 bits per heavy atom. The van der Waals surface area contributed by atoms with Crippen LogP contribution in [0.3, 0.4) is 0 Å². The average molecular weight is 301 g/mol. The second-order valence-corrected chi connectivity index (χ2v) is 3.16. The first-order valence-electron chi connectivity index (χ1n) is 4.23. The van der Waals surface area contributed by atoms with Crippen LogP contribution in [0.4, 0.5) is 0 Å². The quantitative estimate of drug-likeness (QED) is 0.576. The van der Waals surface area contributed by atoms with Gasteiger partial charge in [0.1, 0.15) is 23.1 Å². The number of Topliss-reactive ketones (excluding diaryl/α,β-unsaturated/α-hetero) is 4. The van der Waals surface area contributed by atoms with Gasteiger partial charge in [0.25, 0.3) is 0 Å². The van der Waals surface area contributed by atoms with Crippen molar-refractivity contribution in [2.24, 2.45) is 0 Å². The predicted molar refractivity (Wildman–Crippen MR) is 52.0 cm³/mol. The summed E-state index contributed by atoms with van der Waals surface area (Å²) < 4.78 is 0. The fraction of sp³-hybridized carbons (Fsp3) is 0.600. The predicted octanol–water partition coefficient (Wildman–Crippen LogP) is 1.11. The molecule has 0 N–H and O–H groups in total. The standard InChI is InChI=1S/2C5H8O2.Ru/c2*1-4(6)3-5(2)7;/h2*3H2,1-2H3;. The molecule has 0 radical (unpaired) electrons. The molecule has 0 unspecified atom stereocenters. The van der Waals surface area contributed by atoms with Crippen molar-refractivity contribution in [2.75, 3.05) is 0 Å². The molecular weight excluding hydrogens is 285 g/mol. The van der Waals surface area contributed by atoms with Crippen LogP contribution in [0.1, 0.15) is 40.5 Å². The topological polar surface area (TPSA) is 68.3 Å². The van der Waals surface area contributed by atoms with E-state index in [0.29, 0.717) is 0 Å². The van der Waals surface area contributed by atoms with Gasteiger partial charge in [-0.2, -0.15) is 0 Å². The molecule has 0 aliphatic heterocycles. The first kappa shape index (κ1) is 19.8. The second-order valence-electron chi connectivity index (χ2n) is 3.16. The molecule has 88 valence electrons.